The second kappa shape index (κ2) is 6.77. The Hall–Kier alpha value is -3.00. The lowest BCUT2D eigenvalue weighted by Gasteiger charge is -2.47. The lowest BCUT2D eigenvalue weighted by molar-refractivity contribution is -0.130. The van der Waals surface area contributed by atoms with Gasteiger partial charge in [0.25, 0.3) is 5.91 Å². The Morgan fingerprint density at radius 1 is 1.33 bits per heavy atom. The number of aliphatic hydroxyl groups excluding tert-OH is 1. The van der Waals surface area contributed by atoms with Crippen molar-refractivity contribution in [3.63, 3.8) is 0 Å². The first-order chi connectivity index (χ1) is 14.5. The van der Waals surface area contributed by atoms with Gasteiger partial charge in [0.05, 0.1) is 11.6 Å². The predicted octanol–water partition coefficient (Wildman–Crippen LogP) is 2.95. The Labute approximate surface area is 172 Å². The molecule has 2 atom stereocenters. The number of carbonyl (C=O) groups is 2. The van der Waals surface area contributed by atoms with Gasteiger partial charge < -0.3 is 9.63 Å². The lowest BCUT2D eigenvalue weighted by atomic mass is 9.72. The van der Waals surface area contributed by atoms with E-state index in [0.717, 1.165) is 11.1 Å². The van der Waals surface area contributed by atoms with Crippen molar-refractivity contribution in [3.05, 3.63) is 53.2 Å². The largest absolute Gasteiger partial charge is 0.508 e. The minimum Gasteiger partial charge on any atom is -0.508 e. The number of carbonyl (C=O) groups excluding carboxylic acids is 2. The highest BCUT2D eigenvalue weighted by atomic mass is 19.1. The van der Waals surface area contributed by atoms with Gasteiger partial charge in [0.15, 0.2) is 5.58 Å². The molecule has 0 spiro atoms. The van der Waals surface area contributed by atoms with Gasteiger partial charge in [-0.3, -0.25) is 19.8 Å². The molecule has 2 amide bonds. The summed E-state index contributed by atoms with van der Waals surface area (Å²) in [6, 6.07) is 4.41. The van der Waals surface area contributed by atoms with Crippen LogP contribution in [0.5, 0.6) is 0 Å². The van der Waals surface area contributed by atoms with Crippen molar-refractivity contribution in [2.75, 3.05) is 13.1 Å². The highest BCUT2D eigenvalue weighted by molar-refractivity contribution is 6.13. The second-order valence-electron chi connectivity index (χ2n) is 8.11. The third kappa shape index (κ3) is 2.49. The number of likely N-dealkylation sites (tertiary alicyclic amines) is 1. The average molecular weight is 411 g/mol. The molecule has 2 fully saturated rings. The lowest BCUT2D eigenvalue weighted by Crippen LogP contribution is -2.61. The van der Waals surface area contributed by atoms with Crippen LogP contribution in [0.2, 0.25) is 0 Å². The van der Waals surface area contributed by atoms with Crippen LogP contribution in [0.25, 0.3) is 11.0 Å². The average Bonchev–Trinajstić information content (AvgIpc) is 3.26. The molecule has 2 N–H and O–H groups in total. The van der Waals surface area contributed by atoms with E-state index in [2.05, 4.69) is 10.5 Å². The summed E-state index contributed by atoms with van der Waals surface area (Å²) in [6.07, 6.45) is 5.02. The number of aliphatic hydroxyl groups is 1. The number of nitrogens with one attached hydrogen (secondary N) is 1. The summed E-state index contributed by atoms with van der Waals surface area (Å²) in [5.74, 6) is -1.56. The number of hydrogen-bond acceptors (Lipinski definition) is 6. The third-order valence-corrected chi connectivity index (χ3v) is 6.73. The van der Waals surface area contributed by atoms with Crippen molar-refractivity contribution in [2.24, 2.45) is 5.92 Å². The third-order valence-electron chi connectivity index (χ3n) is 6.73. The van der Waals surface area contributed by atoms with E-state index in [1.54, 1.807) is 12.1 Å². The summed E-state index contributed by atoms with van der Waals surface area (Å²) >= 11 is 0. The van der Waals surface area contributed by atoms with Crippen LogP contribution in [0, 0.1) is 11.7 Å². The van der Waals surface area contributed by atoms with Crippen molar-refractivity contribution in [1.82, 2.24) is 15.4 Å². The van der Waals surface area contributed by atoms with E-state index in [0.29, 0.717) is 43.5 Å². The van der Waals surface area contributed by atoms with Crippen molar-refractivity contribution in [1.29, 1.82) is 0 Å². The number of fused-ring (bicyclic) bond motifs is 2. The van der Waals surface area contributed by atoms with E-state index in [4.69, 9.17) is 4.52 Å². The van der Waals surface area contributed by atoms with Crippen LogP contribution >= 0.6 is 0 Å². The van der Waals surface area contributed by atoms with Crippen LogP contribution < -0.4 is 5.32 Å². The zero-order valence-corrected chi connectivity index (χ0v) is 16.5. The molecule has 0 saturated carbocycles. The van der Waals surface area contributed by atoms with Crippen LogP contribution in [0.15, 0.2) is 46.2 Å². The van der Waals surface area contributed by atoms with Gasteiger partial charge in [0.1, 0.15) is 17.1 Å². The molecule has 3 aliphatic rings. The highest BCUT2D eigenvalue weighted by Crippen LogP contribution is 2.46. The number of rotatable bonds is 3. The van der Waals surface area contributed by atoms with Gasteiger partial charge in [-0.05, 0) is 37.5 Å². The number of nitrogens with zero attached hydrogens (tertiary/aromatic N) is 2. The number of benzene rings is 1. The van der Waals surface area contributed by atoms with Crippen LogP contribution in [0.1, 0.15) is 37.8 Å². The van der Waals surface area contributed by atoms with Crippen LogP contribution in [-0.2, 0) is 9.59 Å². The number of allylic oxidation sites excluding steroid dienone is 1. The maximum Gasteiger partial charge on any atom is 0.252 e. The molecule has 2 saturated heterocycles. The Balaban J connectivity index is 1.46. The number of piperidine rings is 1. The first kappa shape index (κ1) is 19.0. The molecule has 2 aromatic rings. The summed E-state index contributed by atoms with van der Waals surface area (Å²) in [7, 11) is 0. The molecule has 2 aliphatic heterocycles. The molecule has 30 heavy (non-hydrogen) atoms. The fourth-order valence-electron chi connectivity index (χ4n) is 5.36. The van der Waals surface area contributed by atoms with Crippen LogP contribution in [-0.4, -0.2) is 45.6 Å². The molecule has 8 heteroatoms. The summed E-state index contributed by atoms with van der Waals surface area (Å²) in [5, 5.41) is 17.9. The van der Waals surface area contributed by atoms with Crippen molar-refractivity contribution >= 4 is 22.8 Å². The summed E-state index contributed by atoms with van der Waals surface area (Å²) in [4.78, 5) is 27.6. The van der Waals surface area contributed by atoms with Gasteiger partial charge in [0, 0.05) is 36.0 Å². The topological polar surface area (TPSA) is 95.7 Å². The Morgan fingerprint density at radius 2 is 2.10 bits per heavy atom. The number of amides is 2. The van der Waals surface area contributed by atoms with Gasteiger partial charge in [-0.1, -0.05) is 18.2 Å². The monoisotopic (exact) mass is 411 g/mol. The van der Waals surface area contributed by atoms with E-state index in [1.165, 1.54) is 18.2 Å². The molecule has 1 aliphatic carbocycles. The second-order valence-corrected chi connectivity index (χ2v) is 8.11. The molecule has 0 bridgehead atoms. The quantitative estimate of drug-likeness (QED) is 0.754. The van der Waals surface area contributed by atoms with E-state index in [9.17, 15) is 19.1 Å². The first-order valence-electron chi connectivity index (χ1n) is 10.2. The van der Waals surface area contributed by atoms with Gasteiger partial charge in [0.2, 0.25) is 5.91 Å². The number of hydrogen-bond donors (Lipinski definition) is 2. The summed E-state index contributed by atoms with van der Waals surface area (Å²) in [6.45, 7) is 3.00. The summed E-state index contributed by atoms with van der Waals surface area (Å²) in [5.41, 5.74) is 0.623. The SMILES string of the molecule is CCC1=C(O)C=CC2C(=O)NC(=O)C12N1CCC(c2noc3cc(F)ccc23)CC1. The fraction of sp³-hybridized carbons (Fsp3) is 0.409. The van der Waals surface area contributed by atoms with Crippen molar-refractivity contribution in [3.8, 4) is 0 Å². The zero-order chi connectivity index (χ0) is 21.0. The van der Waals surface area contributed by atoms with Gasteiger partial charge in [-0.15, -0.1) is 0 Å². The van der Waals surface area contributed by atoms with Gasteiger partial charge in [-0.2, -0.15) is 0 Å². The normalized spacial score (nSPS) is 27.7. The molecule has 1 aromatic heterocycles. The smallest absolute Gasteiger partial charge is 0.252 e. The number of aromatic nitrogens is 1. The Kier molecular flexibility index (Phi) is 4.28. The molecule has 2 unspecified atom stereocenters. The van der Waals surface area contributed by atoms with E-state index in [-0.39, 0.29) is 29.3 Å². The highest BCUT2D eigenvalue weighted by Gasteiger charge is 2.61. The first-order valence-corrected chi connectivity index (χ1v) is 10.2. The molecule has 5 rings (SSSR count). The van der Waals surface area contributed by atoms with E-state index in [1.807, 2.05) is 11.8 Å². The Bertz CT molecular complexity index is 1110. The molecule has 156 valence electrons. The van der Waals surface area contributed by atoms with Crippen LogP contribution in [0.4, 0.5) is 4.39 Å². The fourth-order valence-corrected chi connectivity index (χ4v) is 5.36. The van der Waals surface area contributed by atoms with E-state index >= 15 is 0 Å². The van der Waals surface area contributed by atoms with Crippen LogP contribution in [0.3, 0.4) is 0 Å². The van der Waals surface area contributed by atoms with E-state index < -0.39 is 11.5 Å². The summed E-state index contributed by atoms with van der Waals surface area (Å²) < 4.78 is 18.8. The number of imide groups is 1. The van der Waals surface area contributed by atoms with Gasteiger partial charge >= 0.3 is 0 Å². The Morgan fingerprint density at radius 3 is 2.83 bits per heavy atom. The predicted molar refractivity (Wildman–Crippen MR) is 106 cm³/mol. The minimum absolute atomic E-state index is 0.0604. The molecular weight excluding hydrogens is 389 g/mol. The molecular formula is C22H22FN3O4. The number of halogens is 1. The molecule has 7 nitrogen and oxygen atoms in total. The van der Waals surface area contributed by atoms with Gasteiger partial charge in [-0.25, -0.2) is 4.39 Å². The standard InChI is InChI=1S/C22H22FN3O4/c1-2-15-17(27)6-5-16-20(28)24-21(29)22(15,16)26-9-7-12(8-10-26)19-14-4-3-13(23)11-18(14)30-25-19/h3-6,11-12,16,27H,2,7-10H2,1H3,(H,24,28,29). The molecule has 3 heterocycles. The van der Waals surface area contributed by atoms with Crippen molar-refractivity contribution in [2.45, 2.75) is 37.6 Å². The maximum absolute atomic E-state index is 13.4. The zero-order valence-electron chi connectivity index (χ0n) is 16.5. The maximum atomic E-state index is 13.4. The minimum atomic E-state index is -1.18. The van der Waals surface area contributed by atoms with Crippen molar-refractivity contribution < 1.29 is 23.6 Å². The molecule has 1 aromatic carbocycles. The molecule has 0 radical (unpaired) electrons.